The first-order valence-corrected chi connectivity index (χ1v) is 8.55. The summed E-state index contributed by atoms with van der Waals surface area (Å²) < 4.78 is 45.2. The summed E-state index contributed by atoms with van der Waals surface area (Å²) in [7, 11) is -1.14. The Bertz CT molecular complexity index is 843. The molecular formula is C15H19FN4O3S. The number of nitrogens with two attached hydrogens (primary N) is 1. The number of aryl methyl sites for hydroxylation is 1. The van der Waals surface area contributed by atoms with Gasteiger partial charge in [0, 0.05) is 32.5 Å². The van der Waals surface area contributed by atoms with Gasteiger partial charge in [0.05, 0.1) is 12.3 Å². The summed E-state index contributed by atoms with van der Waals surface area (Å²) in [5, 5.41) is 0. The third kappa shape index (κ3) is 3.69. The first kappa shape index (κ1) is 18.2. The summed E-state index contributed by atoms with van der Waals surface area (Å²) in [6, 6.07) is 3.86. The van der Waals surface area contributed by atoms with Gasteiger partial charge in [-0.05, 0) is 24.6 Å². The number of sulfonamides is 1. The van der Waals surface area contributed by atoms with Crippen molar-refractivity contribution in [1.29, 1.82) is 0 Å². The van der Waals surface area contributed by atoms with Crippen LogP contribution in [-0.2, 0) is 14.8 Å². The minimum Gasteiger partial charge on any atom is -0.383 e. The number of methoxy groups -OCH3 is 1. The normalized spacial score (nSPS) is 11.9. The quantitative estimate of drug-likeness (QED) is 0.843. The van der Waals surface area contributed by atoms with Crippen molar-refractivity contribution in [2.45, 2.75) is 11.8 Å². The standard InChI is InChI=1S/C15H19FN4O3S/c1-10-12(9-18-15(17)19-10)11-4-5-13(16)14(8-11)24(21,22)20(2)6-7-23-3/h4-5,8-9H,6-7H2,1-3H3,(H2,17,18,19). The average Bonchev–Trinajstić information content (AvgIpc) is 2.53. The minimum atomic E-state index is -3.98. The number of anilines is 1. The van der Waals surface area contributed by atoms with E-state index in [4.69, 9.17) is 10.5 Å². The van der Waals surface area contributed by atoms with Gasteiger partial charge in [0.15, 0.2) is 0 Å². The van der Waals surface area contributed by atoms with Gasteiger partial charge < -0.3 is 10.5 Å². The van der Waals surface area contributed by atoms with E-state index in [0.29, 0.717) is 16.8 Å². The fourth-order valence-electron chi connectivity index (χ4n) is 2.14. The molecule has 0 amide bonds. The Balaban J connectivity index is 2.49. The molecule has 7 nitrogen and oxygen atoms in total. The van der Waals surface area contributed by atoms with Gasteiger partial charge in [-0.15, -0.1) is 0 Å². The van der Waals surface area contributed by atoms with Crippen molar-refractivity contribution >= 4 is 16.0 Å². The smallest absolute Gasteiger partial charge is 0.245 e. The largest absolute Gasteiger partial charge is 0.383 e. The van der Waals surface area contributed by atoms with E-state index in [9.17, 15) is 12.8 Å². The van der Waals surface area contributed by atoms with Crippen molar-refractivity contribution in [3.05, 3.63) is 35.9 Å². The van der Waals surface area contributed by atoms with Crippen LogP contribution in [0, 0.1) is 12.7 Å². The Kier molecular flexibility index (Phi) is 5.47. The number of hydrogen-bond donors (Lipinski definition) is 1. The van der Waals surface area contributed by atoms with Gasteiger partial charge >= 0.3 is 0 Å². The summed E-state index contributed by atoms with van der Waals surface area (Å²) >= 11 is 0. The van der Waals surface area contributed by atoms with Crippen molar-refractivity contribution in [3.63, 3.8) is 0 Å². The van der Waals surface area contributed by atoms with Crippen molar-refractivity contribution in [2.24, 2.45) is 0 Å². The number of ether oxygens (including phenoxy) is 1. The molecule has 0 atom stereocenters. The number of benzene rings is 1. The number of nitrogen functional groups attached to an aromatic ring is 1. The molecule has 1 aromatic carbocycles. The van der Waals surface area contributed by atoms with Crippen molar-refractivity contribution in [2.75, 3.05) is 33.0 Å². The molecule has 1 heterocycles. The molecule has 0 fully saturated rings. The maximum Gasteiger partial charge on any atom is 0.245 e. The summed E-state index contributed by atoms with van der Waals surface area (Å²) in [4.78, 5) is 7.53. The highest BCUT2D eigenvalue weighted by atomic mass is 32.2. The number of nitrogens with zero attached hydrogens (tertiary/aromatic N) is 3. The average molecular weight is 354 g/mol. The molecule has 2 rings (SSSR count). The Morgan fingerprint density at radius 2 is 2.08 bits per heavy atom. The maximum atomic E-state index is 14.1. The van der Waals surface area contributed by atoms with E-state index in [-0.39, 0.29) is 19.1 Å². The molecule has 0 bridgehead atoms. The maximum absolute atomic E-state index is 14.1. The number of rotatable bonds is 6. The predicted octanol–water partition coefficient (Wildman–Crippen LogP) is 1.44. The first-order chi connectivity index (χ1) is 11.3. The van der Waals surface area contributed by atoms with Crippen molar-refractivity contribution in [1.82, 2.24) is 14.3 Å². The van der Waals surface area contributed by atoms with Gasteiger partial charge in [-0.25, -0.2) is 22.8 Å². The van der Waals surface area contributed by atoms with Gasteiger partial charge in [0.1, 0.15) is 10.7 Å². The van der Waals surface area contributed by atoms with Crippen LogP contribution in [0.15, 0.2) is 29.3 Å². The molecule has 0 unspecified atom stereocenters. The van der Waals surface area contributed by atoms with E-state index in [1.54, 1.807) is 6.92 Å². The highest BCUT2D eigenvalue weighted by molar-refractivity contribution is 7.89. The molecule has 2 aromatic rings. The van der Waals surface area contributed by atoms with E-state index < -0.39 is 20.7 Å². The monoisotopic (exact) mass is 354 g/mol. The number of halogens is 1. The Hall–Kier alpha value is -2.10. The molecule has 0 saturated carbocycles. The lowest BCUT2D eigenvalue weighted by atomic mass is 10.1. The molecule has 0 aliphatic carbocycles. The summed E-state index contributed by atoms with van der Waals surface area (Å²) in [5.41, 5.74) is 7.17. The first-order valence-electron chi connectivity index (χ1n) is 7.11. The van der Waals surface area contributed by atoms with Crippen LogP contribution in [0.1, 0.15) is 5.69 Å². The Labute approximate surface area is 140 Å². The van der Waals surface area contributed by atoms with Crippen molar-refractivity contribution < 1.29 is 17.5 Å². The second-order valence-electron chi connectivity index (χ2n) is 5.19. The molecule has 130 valence electrons. The molecule has 0 aliphatic heterocycles. The lowest BCUT2D eigenvalue weighted by Crippen LogP contribution is -2.30. The highest BCUT2D eigenvalue weighted by Crippen LogP contribution is 2.27. The number of aromatic nitrogens is 2. The third-order valence-corrected chi connectivity index (χ3v) is 5.41. The summed E-state index contributed by atoms with van der Waals surface area (Å²) in [5.74, 6) is -0.706. The summed E-state index contributed by atoms with van der Waals surface area (Å²) in [6.45, 7) is 2.05. The van der Waals surface area contributed by atoms with Crippen LogP contribution in [0.3, 0.4) is 0 Å². The van der Waals surface area contributed by atoms with Crippen molar-refractivity contribution in [3.8, 4) is 11.1 Å². The molecular weight excluding hydrogens is 335 g/mol. The van der Waals surface area contributed by atoms with Crippen LogP contribution in [0.2, 0.25) is 0 Å². The zero-order chi connectivity index (χ0) is 17.9. The van der Waals surface area contributed by atoms with Crippen LogP contribution in [0.5, 0.6) is 0 Å². The van der Waals surface area contributed by atoms with Gasteiger partial charge in [-0.2, -0.15) is 4.31 Å². The molecule has 1 aromatic heterocycles. The van der Waals surface area contributed by atoms with Gasteiger partial charge in [0.25, 0.3) is 0 Å². The predicted molar refractivity (Wildman–Crippen MR) is 88.3 cm³/mol. The topological polar surface area (TPSA) is 98.4 Å². The molecule has 0 radical (unpaired) electrons. The van der Waals surface area contributed by atoms with E-state index in [1.807, 2.05) is 0 Å². The van der Waals surface area contributed by atoms with Crippen LogP contribution in [0.4, 0.5) is 10.3 Å². The third-order valence-electron chi connectivity index (χ3n) is 3.54. The van der Waals surface area contributed by atoms with E-state index in [0.717, 1.165) is 10.4 Å². The second-order valence-corrected chi connectivity index (χ2v) is 7.21. The van der Waals surface area contributed by atoms with E-state index >= 15 is 0 Å². The van der Waals surface area contributed by atoms with Crippen LogP contribution >= 0.6 is 0 Å². The molecule has 24 heavy (non-hydrogen) atoms. The van der Waals surface area contributed by atoms with Crippen LogP contribution < -0.4 is 5.73 Å². The fourth-order valence-corrected chi connectivity index (χ4v) is 3.39. The highest BCUT2D eigenvalue weighted by Gasteiger charge is 2.25. The molecule has 0 spiro atoms. The lowest BCUT2D eigenvalue weighted by molar-refractivity contribution is 0.185. The lowest BCUT2D eigenvalue weighted by Gasteiger charge is -2.18. The Morgan fingerprint density at radius 1 is 1.38 bits per heavy atom. The van der Waals surface area contributed by atoms with E-state index in [1.165, 1.54) is 32.5 Å². The molecule has 0 aliphatic rings. The zero-order valence-electron chi connectivity index (χ0n) is 13.7. The minimum absolute atomic E-state index is 0.116. The van der Waals surface area contributed by atoms with Gasteiger partial charge in [-0.3, -0.25) is 0 Å². The summed E-state index contributed by atoms with van der Waals surface area (Å²) in [6.07, 6.45) is 1.48. The number of likely N-dealkylation sites (N-methyl/N-ethyl adjacent to an activating group) is 1. The Morgan fingerprint density at radius 3 is 2.71 bits per heavy atom. The SMILES string of the molecule is COCCN(C)S(=O)(=O)c1cc(-c2cnc(N)nc2C)ccc1F. The molecule has 0 saturated heterocycles. The van der Waals surface area contributed by atoms with Crippen LogP contribution in [0.25, 0.3) is 11.1 Å². The zero-order valence-corrected chi connectivity index (χ0v) is 14.5. The van der Waals surface area contributed by atoms with Gasteiger partial charge in [-0.1, -0.05) is 6.07 Å². The molecule has 2 N–H and O–H groups in total. The van der Waals surface area contributed by atoms with Crippen LogP contribution in [-0.4, -0.2) is 50.0 Å². The molecule has 9 heteroatoms. The fraction of sp³-hybridized carbons (Fsp3) is 0.333. The second kappa shape index (κ2) is 7.20. The number of hydrogen-bond acceptors (Lipinski definition) is 6. The van der Waals surface area contributed by atoms with Gasteiger partial charge in [0.2, 0.25) is 16.0 Å². The van der Waals surface area contributed by atoms with E-state index in [2.05, 4.69) is 9.97 Å².